The molecule has 0 saturated carbocycles. The monoisotopic (exact) mass is 443 g/mol. The first-order valence-electron chi connectivity index (χ1n) is 10.5. The van der Waals surface area contributed by atoms with Crippen molar-refractivity contribution in [2.45, 2.75) is 18.5 Å². The lowest BCUT2D eigenvalue weighted by Gasteiger charge is -2.39. The van der Waals surface area contributed by atoms with E-state index in [-0.39, 0.29) is 11.5 Å². The van der Waals surface area contributed by atoms with Gasteiger partial charge in [-0.25, -0.2) is 0 Å². The van der Waals surface area contributed by atoms with Gasteiger partial charge in [0, 0.05) is 35.6 Å². The molecule has 2 atom stereocenters. The number of hydrogen-bond acceptors (Lipinski definition) is 4. The minimum absolute atomic E-state index is 0.181. The van der Waals surface area contributed by atoms with Crippen molar-refractivity contribution in [3.05, 3.63) is 107 Å². The fourth-order valence-corrected chi connectivity index (χ4v) is 3.95. The summed E-state index contributed by atoms with van der Waals surface area (Å²) >= 11 is 0. The maximum absolute atomic E-state index is 13.0. The van der Waals surface area contributed by atoms with Crippen molar-refractivity contribution < 1.29 is 14.4 Å². The molecular weight excluding hydrogens is 420 g/mol. The molecular formula is C25H23N4O4. The standard InChI is InChI=1S/C25H23N4O4/c26-23(31)22-20(9-6-16-29(22)25(33)18-7-2-1-3-8-18)27-24(32)17-11-13-19(14-12-17)28-15-5-4-10-21(28)30/h1-5,7-15,20,22H,6,16H2,(H2,26,31)(H,27,32). The van der Waals surface area contributed by atoms with Crippen molar-refractivity contribution in [3.8, 4) is 5.69 Å². The Bertz CT molecular complexity index is 1220. The van der Waals surface area contributed by atoms with Crippen LogP contribution in [0.3, 0.4) is 0 Å². The Labute approximate surface area is 190 Å². The highest BCUT2D eigenvalue weighted by Gasteiger charge is 2.39. The SMILES string of the molecule is NC(=O)C1C(NC(=O)c2ccc(-n3ccccc3=O)cc2)[CH]CCN1C(=O)c1ccccc1. The van der Waals surface area contributed by atoms with Crippen LogP contribution in [0.5, 0.6) is 0 Å². The molecule has 3 amide bonds. The lowest BCUT2D eigenvalue weighted by Crippen LogP contribution is -2.62. The molecule has 1 aliphatic heterocycles. The fourth-order valence-electron chi connectivity index (χ4n) is 3.95. The molecule has 0 spiro atoms. The number of primary amides is 1. The zero-order valence-corrected chi connectivity index (χ0v) is 17.8. The van der Waals surface area contributed by atoms with Gasteiger partial charge < -0.3 is 16.0 Å². The topological polar surface area (TPSA) is 114 Å². The smallest absolute Gasteiger partial charge is 0.255 e. The van der Waals surface area contributed by atoms with Gasteiger partial charge in [-0.05, 0) is 55.3 Å². The van der Waals surface area contributed by atoms with Gasteiger partial charge in [0.05, 0.1) is 6.04 Å². The highest BCUT2D eigenvalue weighted by molar-refractivity contribution is 5.99. The molecule has 3 N–H and O–H groups in total. The molecule has 33 heavy (non-hydrogen) atoms. The Morgan fingerprint density at radius 1 is 0.879 bits per heavy atom. The van der Waals surface area contributed by atoms with Crippen LogP contribution in [-0.2, 0) is 4.79 Å². The minimum Gasteiger partial charge on any atom is -0.368 e. The summed E-state index contributed by atoms with van der Waals surface area (Å²) in [7, 11) is 0. The predicted molar refractivity (Wildman–Crippen MR) is 123 cm³/mol. The van der Waals surface area contributed by atoms with Gasteiger partial charge in [0.25, 0.3) is 17.4 Å². The number of nitrogens with two attached hydrogens (primary N) is 1. The van der Waals surface area contributed by atoms with E-state index < -0.39 is 23.9 Å². The zero-order valence-electron chi connectivity index (χ0n) is 17.8. The molecule has 1 radical (unpaired) electrons. The van der Waals surface area contributed by atoms with E-state index in [0.29, 0.717) is 29.8 Å². The van der Waals surface area contributed by atoms with Crippen LogP contribution in [-0.4, -0.2) is 45.8 Å². The molecule has 1 fully saturated rings. The summed E-state index contributed by atoms with van der Waals surface area (Å²) in [5.41, 5.74) is 6.88. The van der Waals surface area contributed by atoms with Crippen LogP contribution >= 0.6 is 0 Å². The molecule has 4 rings (SSSR count). The number of carbonyl (C=O) groups excluding carboxylic acids is 3. The van der Waals surface area contributed by atoms with Crippen molar-refractivity contribution in [2.75, 3.05) is 6.54 Å². The maximum atomic E-state index is 13.0. The predicted octanol–water partition coefficient (Wildman–Crippen LogP) is 1.54. The molecule has 3 aromatic rings. The number of carbonyl (C=O) groups is 3. The second-order valence-electron chi connectivity index (χ2n) is 7.69. The Balaban J connectivity index is 1.51. The first-order chi connectivity index (χ1) is 16.0. The Morgan fingerprint density at radius 2 is 1.58 bits per heavy atom. The van der Waals surface area contributed by atoms with Crippen LogP contribution in [0, 0.1) is 6.42 Å². The number of piperidine rings is 1. The van der Waals surface area contributed by atoms with E-state index in [1.54, 1.807) is 79.3 Å². The third-order valence-electron chi connectivity index (χ3n) is 5.57. The van der Waals surface area contributed by atoms with Gasteiger partial charge in [-0.3, -0.25) is 23.7 Å². The second kappa shape index (κ2) is 9.52. The summed E-state index contributed by atoms with van der Waals surface area (Å²) in [5, 5.41) is 2.82. The third kappa shape index (κ3) is 4.69. The van der Waals surface area contributed by atoms with Crippen LogP contribution in [0.25, 0.3) is 5.69 Å². The average molecular weight is 443 g/mol. The van der Waals surface area contributed by atoms with Gasteiger partial charge in [-0.1, -0.05) is 24.3 Å². The first-order valence-corrected chi connectivity index (χ1v) is 10.5. The number of likely N-dealkylation sites (tertiary alicyclic amines) is 1. The fraction of sp³-hybridized carbons (Fsp3) is 0.160. The number of aromatic nitrogens is 1. The number of nitrogens with zero attached hydrogens (tertiary/aromatic N) is 2. The lowest BCUT2D eigenvalue weighted by atomic mass is 9.94. The van der Waals surface area contributed by atoms with E-state index in [2.05, 4.69) is 5.32 Å². The molecule has 1 aromatic heterocycles. The van der Waals surface area contributed by atoms with E-state index in [4.69, 9.17) is 5.73 Å². The molecule has 1 aliphatic rings. The van der Waals surface area contributed by atoms with Gasteiger partial charge >= 0.3 is 0 Å². The van der Waals surface area contributed by atoms with E-state index in [0.717, 1.165) is 0 Å². The summed E-state index contributed by atoms with van der Waals surface area (Å²) in [6.45, 7) is 0.328. The third-order valence-corrected chi connectivity index (χ3v) is 5.57. The number of benzene rings is 2. The number of pyridine rings is 1. The van der Waals surface area contributed by atoms with Crippen molar-refractivity contribution in [1.82, 2.24) is 14.8 Å². The van der Waals surface area contributed by atoms with Crippen LogP contribution in [0.1, 0.15) is 27.1 Å². The largest absolute Gasteiger partial charge is 0.368 e. The summed E-state index contributed by atoms with van der Waals surface area (Å²) in [6, 6.07) is 18.3. The number of rotatable bonds is 5. The van der Waals surface area contributed by atoms with Gasteiger partial charge in [0.15, 0.2) is 0 Å². The van der Waals surface area contributed by atoms with Crippen molar-refractivity contribution >= 4 is 17.7 Å². The molecule has 0 bridgehead atoms. The Hall–Kier alpha value is -4.20. The van der Waals surface area contributed by atoms with Gasteiger partial charge in [-0.2, -0.15) is 0 Å². The van der Waals surface area contributed by atoms with Gasteiger partial charge in [0.1, 0.15) is 6.04 Å². The molecule has 8 nitrogen and oxygen atoms in total. The van der Waals surface area contributed by atoms with E-state index >= 15 is 0 Å². The second-order valence-corrected chi connectivity index (χ2v) is 7.69. The highest BCUT2D eigenvalue weighted by atomic mass is 16.2. The molecule has 0 aliphatic carbocycles. The normalized spacial score (nSPS) is 17.9. The molecule has 2 aromatic carbocycles. The van der Waals surface area contributed by atoms with Crippen molar-refractivity contribution in [2.24, 2.45) is 5.73 Å². The van der Waals surface area contributed by atoms with E-state index in [1.807, 2.05) is 0 Å². The number of amides is 3. The quantitative estimate of drug-likeness (QED) is 0.622. The summed E-state index contributed by atoms with van der Waals surface area (Å²) in [6.07, 6.45) is 3.94. The van der Waals surface area contributed by atoms with Crippen molar-refractivity contribution in [3.63, 3.8) is 0 Å². The summed E-state index contributed by atoms with van der Waals surface area (Å²) < 4.78 is 1.47. The maximum Gasteiger partial charge on any atom is 0.255 e. The summed E-state index contributed by atoms with van der Waals surface area (Å²) in [4.78, 5) is 51.6. The molecule has 167 valence electrons. The van der Waals surface area contributed by atoms with Crippen molar-refractivity contribution in [1.29, 1.82) is 0 Å². The molecule has 1 saturated heterocycles. The zero-order chi connectivity index (χ0) is 23.4. The van der Waals surface area contributed by atoms with Crippen LogP contribution in [0.2, 0.25) is 0 Å². The van der Waals surface area contributed by atoms with Gasteiger partial charge in [0.2, 0.25) is 5.91 Å². The lowest BCUT2D eigenvalue weighted by molar-refractivity contribution is -0.123. The van der Waals surface area contributed by atoms with Crippen LogP contribution < -0.4 is 16.6 Å². The highest BCUT2D eigenvalue weighted by Crippen LogP contribution is 2.20. The average Bonchev–Trinajstić information content (AvgIpc) is 2.84. The molecule has 8 heteroatoms. The van der Waals surface area contributed by atoms with Crippen LogP contribution in [0.15, 0.2) is 83.8 Å². The number of nitrogens with one attached hydrogen (secondary N) is 1. The van der Waals surface area contributed by atoms with Gasteiger partial charge in [-0.15, -0.1) is 0 Å². The molecule has 2 unspecified atom stereocenters. The first kappa shape index (κ1) is 22.0. The number of hydrogen-bond donors (Lipinski definition) is 2. The van der Waals surface area contributed by atoms with E-state index in [1.165, 1.54) is 15.5 Å². The molecule has 2 heterocycles. The Morgan fingerprint density at radius 3 is 2.24 bits per heavy atom. The summed E-state index contributed by atoms with van der Waals surface area (Å²) in [5.74, 6) is -1.42. The van der Waals surface area contributed by atoms with E-state index in [9.17, 15) is 19.2 Å². The minimum atomic E-state index is -1.00. The van der Waals surface area contributed by atoms with Crippen LogP contribution in [0.4, 0.5) is 0 Å². The Kier molecular flexibility index (Phi) is 6.35.